The van der Waals surface area contributed by atoms with Crippen LogP contribution in [0, 0.1) is 11.3 Å². The second-order valence-electron chi connectivity index (χ2n) is 6.48. The minimum absolute atomic E-state index is 0.135. The maximum absolute atomic E-state index is 8.96. The van der Waals surface area contributed by atoms with Crippen LogP contribution in [0.3, 0.4) is 0 Å². The quantitative estimate of drug-likeness (QED) is 0.573. The highest BCUT2D eigenvalue weighted by atomic mass is 32.1. The number of thiazole rings is 1. The lowest BCUT2D eigenvalue weighted by atomic mass is 10.1. The van der Waals surface area contributed by atoms with E-state index in [1.807, 2.05) is 54.2 Å². The molecule has 0 radical (unpaired) electrons. The number of rotatable bonds is 6. The van der Waals surface area contributed by atoms with Crippen LogP contribution in [-0.2, 0) is 0 Å². The Kier molecular flexibility index (Phi) is 6.47. The van der Waals surface area contributed by atoms with Gasteiger partial charge in [-0.25, -0.2) is 4.68 Å². The van der Waals surface area contributed by atoms with Crippen LogP contribution >= 0.6 is 11.3 Å². The van der Waals surface area contributed by atoms with Gasteiger partial charge in [-0.1, -0.05) is 12.1 Å². The maximum Gasteiger partial charge on any atom is 0.206 e. The predicted octanol–water partition coefficient (Wildman–Crippen LogP) is 4.30. The van der Waals surface area contributed by atoms with Gasteiger partial charge in [-0.15, -0.1) is 11.3 Å². The molecule has 0 saturated heterocycles. The van der Waals surface area contributed by atoms with Crippen LogP contribution in [0.15, 0.2) is 57.9 Å². The van der Waals surface area contributed by atoms with E-state index in [1.165, 1.54) is 11.3 Å². The van der Waals surface area contributed by atoms with Gasteiger partial charge in [0.15, 0.2) is 0 Å². The molecule has 0 N–H and O–H groups in total. The Morgan fingerprint density at radius 1 is 1.10 bits per heavy atom. The molecule has 7 heteroatoms. The summed E-state index contributed by atoms with van der Waals surface area (Å²) < 4.78 is 12.7. The third kappa shape index (κ3) is 4.73. The van der Waals surface area contributed by atoms with Crippen molar-refractivity contribution in [1.29, 1.82) is 5.26 Å². The lowest BCUT2D eigenvalue weighted by Gasteiger charge is -2.11. The molecule has 0 spiro atoms. The first-order valence-electron chi connectivity index (χ1n) is 9.07. The van der Waals surface area contributed by atoms with E-state index in [-0.39, 0.29) is 6.04 Å². The van der Waals surface area contributed by atoms with E-state index in [0.29, 0.717) is 11.3 Å². The van der Waals surface area contributed by atoms with E-state index < -0.39 is 0 Å². The molecule has 3 rings (SSSR count). The standard InChI is InChI=1S/C22H22N4O2S/c1-15(2)25-22-26(24-13-17-7-5-16(12-23)6-8-17)20(14-29-22)19-10-9-18(27-3)11-21(19)28-4/h5-11,13-15H,1-4H3. The van der Waals surface area contributed by atoms with Gasteiger partial charge in [-0.2, -0.15) is 10.4 Å². The first-order valence-corrected chi connectivity index (χ1v) is 9.95. The molecular formula is C22H22N4O2S. The molecule has 0 unspecified atom stereocenters. The lowest BCUT2D eigenvalue weighted by Crippen LogP contribution is -2.14. The highest BCUT2D eigenvalue weighted by molar-refractivity contribution is 7.07. The first-order chi connectivity index (χ1) is 14.0. The van der Waals surface area contributed by atoms with Crippen molar-refractivity contribution in [2.24, 2.45) is 10.1 Å². The summed E-state index contributed by atoms with van der Waals surface area (Å²) in [6.45, 7) is 4.06. The zero-order valence-corrected chi connectivity index (χ0v) is 17.6. The number of nitriles is 1. The summed E-state index contributed by atoms with van der Waals surface area (Å²) in [6.07, 6.45) is 1.76. The third-order valence-electron chi connectivity index (χ3n) is 4.10. The van der Waals surface area contributed by atoms with E-state index in [9.17, 15) is 0 Å². The van der Waals surface area contributed by atoms with Crippen molar-refractivity contribution in [2.75, 3.05) is 14.2 Å². The number of hydrogen-bond acceptors (Lipinski definition) is 6. The SMILES string of the molecule is COc1ccc(-c2csc(=NC(C)C)n2N=Cc2ccc(C#N)cc2)c(OC)c1. The number of hydrogen-bond donors (Lipinski definition) is 0. The highest BCUT2D eigenvalue weighted by Gasteiger charge is 2.14. The molecule has 0 atom stereocenters. The van der Waals surface area contributed by atoms with Crippen LogP contribution in [0.25, 0.3) is 11.3 Å². The molecule has 0 fully saturated rings. The average Bonchev–Trinajstić information content (AvgIpc) is 3.13. The number of nitrogens with zero attached hydrogens (tertiary/aromatic N) is 4. The molecule has 2 aromatic carbocycles. The maximum atomic E-state index is 8.96. The summed E-state index contributed by atoms with van der Waals surface area (Å²) >= 11 is 1.52. The monoisotopic (exact) mass is 406 g/mol. The van der Waals surface area contributed by atoms with Gasteiger partial charge in [-0.3, -0.25) is 4.99 Å². The molecule has 0 bridgehead atoms. The Hall–Kier alpha value is -3.37. The fourth-order valence-corrected chi connectivity index (χ4v) is 3.65. The van der Waals surface area contributed by atoms with Crippen LogP contribution in [0.4, 0.5) is 0 Å². The average molecular weight is 407 g/mol. The van der Waals surface area contributed by atoms with Gasteiger partial charge in [0.1, 0.15) is 11.5 Å². The molecule has 148 valence electrons. The van der Waals surface area contributed by atoms with Crippen molar-refractivity contribution in [3.8, 4) is 28.8 Å². The normalized spacial score (nSPS) is 11.8. The topological polar surface area (TPSA) is 71.9 Å². The molecule has 0 aliphatic heterocycles. The predicted molar refractivity (Wildman–Crippen MR) is 116 cm³/mol. The van der Waals surface area contributed by atoms with E-state index in [4.69, 9.17) is 19.7 Å². The van der Waals surface area contributed by atoms with Gasteiger partial charge in [0.25, 0.3) is 0 Å². The van der Waals surface area contributed by atoms with Crippen molar-refractivity contribution >= 4 is 17.6 Å². The zero-order valence-electron chi connectivity index (χ0n) is 16.8. The van der Waals surface area contributed by atoms with E-state index in [2.05, 4.69) is 11.2 Å². The minimum atomic E-state index is 0.135. The first kappa shape index (κ1) is 20.4. The highest BCUT2D eigenvalue weighted by Crippen LogP contribution is 2.33. The van der Waals surface area contributed by atoms with Crippen molar-refractivity contribution < 1.29 is 9.47 Å². The summed E-state index contributed by atoms with van der Waals surface area (Å²) in [6, 6.07) is 15.2. The Balaban J connectivity index is 2.11. The zero-order chi connectivity index (χ0) is 20.8. The van der Waals surface area contributed by atoms with Crippen molar-refractivity contribution in [3.05, 3.63) is 63.8 Å². The minimum Gasteiger partial charge on any atom is -0.497 e. The number of methoxy groups -OCH3 is 2. The number of benzene rings is 2. The molecule has 0 aliphatic carbocycles. The van der Waals surface area contributed by atoms with Crippen LogP contribution < -0.4 is 14.3 Å². The molecule has 29 heavy (non-hydrogen) atoms. The van der Waals surface area contributed by atoms with Gasteiger partial charge in [0, 0.05) is 23.1 Å². The molecule has 1 heterocycles. The van der Waals surface area contributed by atoms with Gasteiger partial charge in [-0.05, 0) is 43.7 Å². The smallest absolute Gasteiger partial charge is 0.206 e. The van der Waals surface area contributed by atoms with Gasteiger partial charge in [0.2, 0.25) is 4.80 Å². The Morgan fingerprint density at radius 2 is 1.86 bits per heavy atom. The summed E-state index contributed by atoms with van der Waals surface area (Å²) in [5.41, 5.74) is 3.28. The largest absolute Gasteiger partial charge is 0.497 e. The Labute approximate surface area is 174 Å². The lowest BCUT2D eigenvalue weighted by molar-refractivity contribution is 0.395. The summed E-state index contributed by atoms with van der Waals surface area (Å²) in [7, 11) is 3.26. The van der Waals surface area contributed by atoms with Crippen LogP contribution in [-0.4, -0.2) is 31.2 Å². The molecular weight excluding hydrogens is 384 g/mol. The molecule has 3 aromatic rings. The van der Waals surface area contributed by atoms with Gasteiger partial charge < -0.3 is 9.47 Å². The van der Waals surface area contributed by atoms with Crippen molar-refractivity contribution in [1.82, 2.24) is 4.68 Å². The van der Waals surface area contributed by atoms with Gasteiger partial charge >= 0.3 is 0 Å². The Morgan fingerprint density at radius 3 is 2.48 bits per heavy atom. The fourth-order valence-electron chi connectivity index (χ4n) is 2.68. The van der Waals surface area contributed by atoms with Gasteiger partial charge in [0.05, 0.1) is 37.8 Å². The third-order valence-corrected chi connectivity index (χ3v) is 4.93. The van der Waals surface area contributed by atoms with E-state index in [1.54, 1.807) is 32.6 Å². The van der Waals surface area contributed by atoms with Crippen molar-refractivity contribution in [2.45, 2.75) is 19.9 Å². The van der Waals surface area contributed by atoms with Crippen LogP contribution in [0.5, 0.6) is 11.5 Å². The Bertz CT molecular complexity index is 1120. The second-order valence-corrected chi connectivity index (χ2v) is 7.32. The van der Waals surface area contributed by atoms with E-state index in [0.717, 1.165) is 27.4 Å². The van der Waals surface area contributed by atoms with Crippen LogP contribution in [0.2, 0.25) is 0 Å². The number of ether oxygens (including phenoxy) is 2. The molecule has 6 nitrogen and oxygen atoms in total. The second kappa shape index (κ2) is 9.22. The summed E-state index contributed by atoms with van der Waals surface area (Å²) in [4.78, 5) is 5.48. The molecule has 0 amide bonds. The summed E-state index contributed by atoms with van der Waals surface area (Å²) in [5.74, 6) is 1.42. The fraction of sp³-hybridized carbons (Fsp3) is 0.227. The number of aromatic nitrogens is 1. The van der Waals surface area contributed by atoms with Crippen molar-refractivity contribution in [3.63, 3.8) is 0 Å². The molecule has 1 aromatic heterocycles. The van der Waals surface area contributed by atoms with E-state index >= 15 is 0 Å². The molecule has 0 saturated carbocycles. The summed E-state index contributed by atoms with van der Waals surface area (Å²) in [5, 5.41) is 15.7. The van der Waals surface area contributed by atoms with Crippen LogP contribution in [0.1, 0.15) is 25.0 Å². The molecule has 0 aliphatic rings.